The summed E-state index contributed by atoms with van der Waals surface area (Å²) in [7, 11) is 2.75. The third-order valence-electron chi connectivity index (χ3n) is 3.25. The summed E-state index contributed by atoms with van der Waals surface area (Å²) in [6, 6.07) is 9.71. The van der Waals surface area contributed by atoms with Crippen molar-refractivity contribution >= 4 is 46.8 Å². The molecular weight excluding hydrogens is 365 g/mol. The minimum absolute atomic E-state index is 0.259. The molecule has 0 saturated heterocycles. The van der Waals surface area contributed by atoms with Gasteiger partial charge in [-0.1, -0.05) is 35.3 Å². The van der Waals surface area contributed by atoms with Crippen molar-refractivity contribution in [3.8, 4) is 5.75 Å². The van der Waals surface area contributed by atoms with Gasteiger partial charge in [-0.15, -0.1) is 0 Å². The van der Waals surface area contributed by atoms with Crippen LogP contribution in [-0.4, -0.2) is 26.1 Å². The van der Waals surface area contributed by atoms with Crippen LogP contribution in [0.3, 0.4) is 0 Å². The Labute approximate surface area is 155 Å². The summed E-state index contributed by atoms with van der Waals surface area (Å²) in [5.41, 5.74) is 1.16. The Bertz CT molecular complexity index is 834. The predicted molar refractivity (Wildman–Crippen MR) is 98.5 cm³/mol. The van der Waals surface area contributed by atoms with Crippen LogP contribution >= 0.6 is 23.2 Å². The molecule has 0 aliphatic rings. The van der Waals surface area contributed by atoms with Gasteiger partial charge in [0.25, 0.3) is 0 Å². The van der Waals surface area contributed by atoms with Crippen molar-refractivity contribution in [3.05, 3.63) is 63.6 Å². The highest BCUT2D eigenvalue weighted by Crippen LogP contribution is 2.33. The van der Waals surface area contributed by atoms with Crippen molar-refractivity contribution in [1.29, 1.82) is 0 Å². The molecule has 0 aliphatic carbocycles. The third kappa shape index (κ3) is 4.75. The predicted octanol–water partition coefficient (Wildman–Crippen LogP) is 4.44. The number of hydrogen-bond donors (Lipinski definition) is 1. The number of para-hydroxylation sites is 1. The molecule has 2 rings (SSSR count). The van der Waals surface area contributed by atoms with E-state index in [0.29, 0.717) is 27.0 Å². The molecule has 0 radical (unpaired) electrons. The minimum atomic E-state index is -0.539. The second-order valence-electron chi connectivity index (χ2n) is 4.87. The second kappa shape index (κ2) is 8.55. The molecule has 0 heterocycles. The zero-order valence-electron chi connectivity index (χ0n) is 13.5. The number of carbonyl (C=O) groups is 2. The summed E-state index contributed by atoms with van der Waals surface area (Å²) in [6.45, 7) is 0. The Morgan fingerprint density at radius 3 is 2.52 bits per heavy atom. The van der Waals surface area contributed by atoms with Gasteiger partial charge in [0.2, 0.25) is 5.91 Å². The van der Waals surface area contributed by atoms with Gasteiger partial charge in [0.1, 0.15) is 5.75 Å². The lowest BCUT2D eigenvalue weighted by Gasteiger charge is -2.09. The number of methoxy groups -OCH3 is 2. The molecule has 1 N–H and O–H groups in total. The molecule has 0 saturated carbocycles. The van der Waals surface area contributed by atoms with Gasteiger partial charge in [-0.3, -0.25) is 4.79 Å². The maximum atomic E-state index is 12.2. The van der Waals surface area contributed by atoms with Gasteiger partial charge in [0, 0.05) is 16.7 Å². The van der Waals surface area contributed by atoms with E-state index in [4.69, 9.17) is 32.7 Å². The fourth-order valence-electron chi connectivity index (χ4n) is 2.14. The van der Waals surface area contributed by atoms with Gasteiger partial charge in [-0.05, 0) is 30.3 Å². The lowest BCUT2D eigenvalue weighted by atomic mass is 10.1. The van der Waals surface area contributed by atoms with Crippen molar-refractivity contribution in [2.75, 3.05) is 19.5 Å². The summed E-state index contributed by atoms with van der Waals surface area (Å²) in [4.78, 5) is 23.9. The molecule has 0 unspecified atom stereocenters. The van der Waals surface area contributed by atoms with Crippen LogP contribution in [0, 0.1) is 0 Å². The van der Waals surface area contributed by atoms with E-state index in [1.54, 1.807) is 36.4 Å². The summed E-state index contributed by atoms with van der Waals surface area (Å²) in [5.74, 6) is -0.567. The molecule has 0 aromatic heterocycles. The quantitative estimate of drug-likeness (QED) is 0.615. The maximum absolute atomic E-state index is 12.2. The highest BCUT2D eigenvalue weighted by molar-refractivity contribution is 6.36. The Kier molecular flexibility index (Phi) is 6.44. The monoisotopic (exact) mass is 379 g/mol. The van der Waals surface area contributed by atoms with Gasteiger partial charge < -0.3 is 14.8 Å². The fraction of sp³-hybridized carbons (Fsp3) is 0.111. The number of rotatable bonds is 5. The van der Waals surface area contributed by atoms with Crippen LogP contribution in [0.15, 0.2) is 42.5 Å². The maximum Gasteiger partial charge on any atom is 0.339 e. The number of anilines is 1. The highest BCUT2D eigenvalue weighted by atomic mass is 35.5. The van der Waals surface area contributed by atoms with Gasteiger partial charge in [0.15, 0.2) is 0 Å². The first-order valence-corrected chi connectivity index (χ1v) is 7.91. The van der Waals surface area contributed by atoms with Gasteiger partial charge >= 0.3 is 5.97 Å². The Hall–Kier alpha value is -2.50. The average Bonchev–Trinajstić information content (AvgIpc) is 2.59. The Morgan fingerprint density at radius 1 is 1.12 bits per heavy atom. The highest BCUT2D eigenvalue weighted by Gasteiger charge is 2.12. The van der Waals surface area contributed by atoms with E-state index in [0.717, 1.165) is 0 Å². The smallest absolute Gasteiger partial charge is 0.339 e. The van der Waals surface area contributed by atoms with E-state index in [1.165, 1.54) is 26.4 Å². The van der Waals surface area contributed by atoms with Gasteiger partial charge in [-0.2, -0.15) is 0 Å². The number of benzene rings is 2. The van der Waals surface area contributed by atoms with E-state index >= 15 is 0 Å². The first kappa shape index (κ1) is 18.8. The van der Waals surface area contributed by atoms with E-state index in [1.807, 2.05) is 0 Å². The number of amides is 1. The number of carbonyl (C=O) groups excluding carboxylic acids is 2. The fourth-order valence-corrected chi connectivity index (χ4v) is 2.73. The Morgan fingerprint density at radius 2 is 1.84 bits per heavy atom. The third-order valence-corrected chi connectivity index (χ3v) is 3.74. The van der Waals surface area contributed by atoms with Crippen molar-refractivity contribution in [1.82, 2.24) is 0 Å². The number of ether oxygens (including phenoxy) is 2. The normalized spacial score (nSPS) is 10.6. The van der Waals surface area contributed by atoms with E-state index in [-0.39, 0.29) is 5.56 Å². The number of halogens is 2. The Balaban J connectivity index is 2.22. The summed E-state index contributed by atoms with van der Waals surface area (Å²) >= 11 is 12.0. The van der Waals surface area contributed by atoms with Gasteiger partial charge in [0.05, 0.1) is 30.5 Å². The van der Waals surface area contributed by atoms with E-state index in [9.17, 15) is 9.59 Å². The molecule has 7 heteroatoms. The van der Waals surface area contributed by atoms with Crippen molar-refractivity contribution in [2.45, 2.75) is 0 Å². The molecule has 25 heavy (non-hydrogen) atoms. The largest absolute Gasteiger partial charge is 0.495 e. The zero-order chi connectivity index (χ0) is 18.4. The first-order chi connectivity index (χ1) is 12.0. The molecule has 1 amide bonds. The average molecular weight is 380 g/mol. The van der Waals surface area contributed by atoms with E-state index in [2.05, 4.69) is 5.32 Å². The van der Waals surface area contributed by atoms with Crippen LogP contribution in [0.25, 0.3) is 6.08 Å². The number of esters is 1. The molecule has 5 nitrogen and oxygen atoms in total. The molecule has 130 valence electrons. The van der Waals surface area contributed by atoms with Crippen molar-refractivity contribution in [3.63, 3.8) is 0 Å². The topological polar surface area (TPSA) is 64.6 Å². The van der Waals surface area contributed by atoms with Crippen LogP contribution in [0.4, 0.5) is 5.69 Å². The SMILES string of the molecule is COC(=O)c1ccccc1NC(=O)/C=C/c1cc(Cl)cc(Cl)c1OC. The van der Waals surface area contributed by atoms with Crippen LogP contribution in [0.1, 0.15) is 15.9 Å². The second-order valence-corrected chi connectivity index (χ2v) is 5.71. The summed E-state index contributed by atoms with van der Waals surface area (Å²) in [6.07, 6.45) is 2.81. The molecule has 0 aliphatic heterocycles. The molecule has 0 spiro atoms. The van der Waals surface area contributed by atoms with E-state index < -0.39 is 11.9 Å². The molecule has 0 bridgehead atoms. The van der Waals surface area contributed by atoms with Crippen LogP contribution in [-0.2, 0) is 9.53 Å². The minimum Gasteiger partial charge on any atom is -0.495 e. The van der Waals surface area contributed by atoms with Crippen LogP contribution < -0.4 is 10.1 Å². The first-order valence-electron chi connectivity index (χ1n) is 7.15. The molecule has 2 aromatic carbocycles. The van der Waals surface area contributed by atoms with Crippen LogP contribution in [0.2, 0.25) is 10.0 Å². The van der Waals surface area contributed by atoms with Crippen LogP contribution in [0.5, 0.6) is 5.75 Å². The number of nitrogens with one attached hydrogen (secondary N) is 1. The van der Waals surface area contributed by atoms with Crippen molar-refractivity contribution in [2.24, 2.45) is 0 Å². The van der Waals surface area contributed by atoms with Crippen molar-refractivity contribution < 1.29 is 19.1 Å². The molecule has 0 fully saturated rings. The lowest BCUT2D eigenvalue weighted by molar-refractivity contribution is -0.111. The summed E-state index contributed by atoms with van der Waals surface area (Å²) < 4.78 is 9.90. The van der Waals surface area contributed by atoms with Gasteiger partial charge in [-0.25, -0.2) is 4.79 Å². The molecule has 2 aromatic rings. The standard InChI is InChI=1S/C18H15Cl2NO4/c1-24-17-11(9-12(19)10-14(17)20)7-8-16(22)21-15-6-4-3-5-13(15)18(23)25-2/h3-10H,1-2H3,(H,21,22)/b8-7+. The molecule has 0 atom stereocenters. The number of hydrogen-bond acceptors (Lipinski definition) is 4. The lowest BCUT2D eigenvalue weighted by Crippen LogP contribution is -2.12. The zero-order valence-corrected chi connectivity index (χ0v) is 15.0. The summed E-state index contributed by atoms with van der Waals surface area (Å²) in [5, 5.41) is 3.39. The molecular formula is C18H15Cl2NO4.